The third kappa shape index (κ3) is 5.09. The van der Waals surface area contributed by atoms with Gasteiger partial charge in [0.25, 0.3) is 0 Å². The summed E-state index contributed by atoms with van der Waals surface area (Å²) in [5.41, 5.74) is 0.833. The quantitative estimate of drug-likeness (QED) is 0.685. The molecule has 1 aliphatic heterocycles. The molecule has 0 spiro atoms. The van der Waals surface area contributed by atoms with Crippen LogP contribution in [0.25, 0.3) is 0 Å². The largest absolute Gasteiger partial charge is 0.396 e. The molecule has 1 aromatic carbocycles. The molecule has 2 rings (SSSR count). The van der Waals surface area contributed by atoms with Crippen molar-refractivity contribution in [1.82, 2.24) is 5.32 Å². The fourth-order valence-corrected chi connectivity index (χ4v) is 2.79. The molecule has 122 valence electrons. The summed E-state index contributed by atoms with van der Waals surface area (Å²) in [6.45, 7) is 4.39. The van der Waals surface area contributed by atoms with Gasteiger partial charge in [-0.25, -0.2) is 0 Å². The van der Waals surface area contributed by atoms with Gasteiger partial charge >= 0.3 is 0 Å². The lowest BCUT2D eigenvalue weighted by atomic mass is 9.83. The standard InChI is InChI=1S/C17H26N2O3/c1-14(11-16(21)19-15-5-3-2-4-6-15)18-12-17(7-9-20)8-10-22-13-17/h2-6,14,18,20H,7-13H2,1H3,(H,19,21). The highest BCUT2D eigenvalue weighted by Gasteiger charge is 2.34. The highest BCUT2D eigenvalue weighted by atomic mass is 16.5. The number of benzene rings is 1. The number of para-hydroxylation sites is 1. The van der Waals surface area contributed by atoms with Gasteiger partial charge in [0, 0.05) is 43.3 Å². The number of ether oxygens (including phenoxy) is 1. The zero-order chi connectivity index (χ0) is 15.8. The van der Waals surface area contributed by atoms with Crippen LogP contribution in [0.5, 0.6) is 0 Å². The fourth-order valence-electron chi connectivity index (χ4n) is 2.79. The molecular weight excluding hydrogens is 280 g/mol. The highest BCUT2D eigenvalue weighted by Crippen LogP contribution is 2.31. The van der Waals surface area contributed by atoms with Gasteiger partial charge in [0.1, 0.15) is 0 Å². The van der Waals surface area contributed by atoms with Crippen LogP contribution >= 0.6 is 0 Å². The van der Waals surface area contributed by atoms with Crippen molar-refractivity contribution in [2.45, 2.75) is 32.2 Å². The Morgan fingerprint density at radius 3 is 2.82 bits per heavy atom. The van der Waals surface area contributed by atoms with Gasteiger partial charge in [0.05, 0.1) is 6.61 Å². The first-order chi connectivity index (χ1) is 10.6. The van der Waals surface area contributed by atoms with Crippen molar-refractivity contribution >= 4 is 11.6 Å². The van der Waals surface area contributed by atoms with Gasteiger partial charge in [0.15, 0.2) is 0 Å². The second-order valence-electron chi connectivity index (χ2n) is 6.18. The molecule has 0 radical (unpaired) electrons. The summed E-state index contributed by atoms with van der Waals surface area (Å²) < 4.78 is 5.48. The van der Waals surface area contributed by atoms with Gasteiger partial charge in [-0.05, 0) is 31.9 Å². The second-order valence-corrected chi connectivity index (χ2v) is 6.18. The molecular formula is C17H26N2O3. The van der Waals surface area contributed by atoms with Crippen LogP contribution in [0, 0.1) is 5.41 Å². The summed E-state index contributed by atoms with van der Waals surface area (Å²) in [5, 5.41) is 15.5. The molecule has 2 atom stereocenters. The van der Waals surface area contributed by atoms with E-state index in [2.05, 4.69) is 10.6 Å². The van der Waals surface area contributed by atoms with Crippen LogP contribution in [-0.4, -0.2) is 43.4 Å². The normalized spacial score (nSPS) is 22.5. The lowest BCUT2D eigenvalue weighted by Crippen LogP contribution is -2.41. The van der Waals surface area contributed by atoms with Gasteiger partial charge < -0.3 is 20.5 Å². The fraction of sp³-hybridized carbons (Fsp3) is 0.588. The van der Waals surface area contributed by atoms with Crippen LogP contribution in [0.3, 0.4) is 0 Å². The van der Waals surface area contributed by atoms with Crippen LogP contribution in [0.1, 0.15) is 26.2 Å². The van der Waals surface area contributed by atoms with Crippen molar-refractivity contribution in [3.8, 4) is 0 Å². The number of carbonyl (C=O) groups is 1. The molecule has 1 heterocycles. The molecule has 0 aliphatic carbocycles. The molecule has 1 aliphatic rings. The molecule has 2 unspecified atom stereocenters. The van der Waals surface area contributed by atoms with Gasteiger partial charge in [-0.15, -0.1) is 0 Å². The number of nitrogens with one attached hydrogen (secondary N) is 2. The van der Waals surface area contributed by atoms with Crippen LogP contribution in [0.4, 0.5) is 5.69 Å². The predicted molar refractivity (Wildman–Crippen MR) is 86.7 cm³/mol. The van der Waals surface area contributed by atoms with E-state index in [1.54, 1.807) is 0 Å². The number of hydrogen-bond acceptors (Lipinski definition) is 4. The van der Waals surface area contributed by atoms with Crippen molar-refractivity contribution in [3.63, 3.8) is 0 Å². The first kappa shape index (κ1) is 16.9. The van der Waals surface area contributed by atoms with Crippen molar-refractivity contribution < 1.29 is 14.6 Å². The van der Waals surface area contributed by atoms with Crippen molar-refractivity contribution in [2.24, 2.45) is 5.41 Å². The first-order valence-corrected chi connectivity index (χ1v) is 7.90. The van der Waals surface area contributed by atoms with E-state index in [1.165, 1.54) is 0 Å². The summed E-state index contributed by atoms with van der Waals surface area (Å²) in [6, 6.07) is 9.56. The third-order valence-corrected chi connectivity index (χ3v) is 4.20. The third-order valence-electron chi connectivity index (χ3n) is 4.20. The number of amides is 1. The number of carbonyl (C=O) groups excluding carboxylic acids is 1. The number of anilines is 1. The van der Waals surface area contributed by atoms with E-state index in [1.807, 2.05) is 37.3 Å². The summed E-state index contributed by atoms with van der Waals surface area (Å²) in [7, 11) is 0. The Balaban J connectivity index is 1.75. The smallest absolute Gasteiger partial charge is 0.225 e. The molecule has 0 bridgehead atoms. The lowest BCUT2D eigenvalue weighted by Gasteiger charge is -2.28. The maximum absolute atomic E-state index is 12.0. The Labute approximate surface area is 132 Å². The maximum atomic E-state index is 12.0. The monoisotopic (exact) mass is 306 g/mol. The molecule has 1 amide bonds. The molecule has 1 fully saturated rings. The molecule has 1 saturated heterocycles. The Morgan fingerprint density at radius 1 is 1.41 bits per heavy atom. The van der Waals surface area contributed by atoms with E-state index >= 15 is 0 Å². The van der Waals surface area contributed by atoms with Crippen molar-refractivity contribution in [2.75, 3.05) is 31.7 Å². The topological polar surface area (TPSA) is 70.6 Å². The average molecular weight is 306 g/mol. The van der Waals surface area contributed by atoms with E-state index in [0.29, 0.717) is 13.0 Å². The van der Waals surface area contributed by atoms with Crippen LogP contribution in [0.2, 0.25) is 0 Å². The Bertz CT molecular complexity index is 458. The second kappa shape index (κ2) is 8.27. The van der Waals surface area contributed by atoms with Gasteiger partial charge in [-0.2, -0.15) is 0 Å². The Hall–Kier alpha value is -1.43. The SMILES string of the molecule is CC(CC(=O)Nc1ccccc1)NCC1(CCO)CCOC1. The minimum atomic E-state index is 0.00470. The Morgan fingerprint density at radius 2 is 2.18 bits per heavy atom. The van der Waals surface area contributed by atoms with Crippen LogP contribution in [0.15, 0.2) is 30.3 Å². The predicted octanol–water partition coefficient (Wildman–Crippen LogP) is 1.78. The summed E-state index contributed by atoms with van der Waals surface area (Å²) in [6.07, 6.45) is 2.12. The first-order valence-electron chi connectivity index (χ1n) is 7.90. The molecule has 5 heteroatoms. The summed E-state index contributed by atoms with van der Waals surface area (Å²) in [5.74, 6) is 0.00470. The highest BCUT2D eigenvalue weighted by molar-refractivity contribution is 5.90. The molecule has 5 nitrogen and oxygen atoms in total. The molecule has 22 heavy (non-hydrogen) atoms. The van der Waals surface area contributed by atoms with Gasteiger partial charge in [-0.3, -0.25) is 4.79 Å². The van der Waals surface area contributed by atoms with E-state index < -0.39 is 0 Å². The number of aliphatic hydroxyl groups excluding tert-OH is 1. The van der Waals surface area contributed by atoms with Crippen molar-refractivity contribution in [3.05, 3.63) is 30.3 Å². The van der Waals surface area contributed by atoms with E-state index in [0.717, 1.165) is 31.7 Å². The maximum Gasteiger partial charge on any atom is 0.225 e. The molecule has 3 N–H and O–H groups in total. The number of rotatable bonds is 8. The number of aliphatic hydroxyl groups is 1. The zero-order valence-corrected chi connectivity index (χ0v) is 13.2. The number of hydrogen-bond donors (Lipinski definition) is 3. The van der Waals surface area contributed by atoms with Crippen LogP contribution in [-0.2, 0) is 9.53 Å². The lowest BCUT2D eigenvalue weighted by molar-refractivity contribution is -0.116. The summed E-state index contributed by atoms with van der Waals surface area (Å²) >= 11 is 0. The molecule has 1 aromatic rings. The molecule has 0 aromatic heterocycles. The zero-order valence-electron chi connectivity index (χ0n) is 13.2. The van der Waals surface area contributed by atoms with Crippen molar-refractivity contribution in [1.29, 1.82) is 0 Å². The van der Waals surface area contributed by atoms with Gasteiger partial charge in [-0.1, -0.05) is 18.2 Å². The summed E-state index contributed by atoms with van der Waals surface area (Å²) in [4.78, 5) is 12.0. The van der Waals surface area contributed by atoms with E-state index in [9.17, 15) is 9.90 Å². The van der Waals surface area contributed by atoms with E-state index in [-0.39, 0.29) is 24.0 Å². The minimum Gasteiger partial charge on any atom is -0.396 e. The van der Waals surface area contributed by atoms with Gasteiger partial charge in [0.2, 0.25) is 5.91 Å². The van der Waals surface area contributed by atoms with Crippen LogP contribution < -0.4 is 10.6 Å². The Kier molecular flexibility index (Phi) is 6.36. The minimum absolute atomic E-state index is 0.00470. The average Bonchev–Trinajstić information content (AvgIpc) is 2.95. The van der Waals surface area contributed by atoms with E-state index in [4.69, 9.17) is 4.74 Å². The molecule has 0 saturated carbocycles.